The Kier molecular flexibility index (Phi) is 4.65. The van der Waals surface area contributed by atoms with E-state index < -0.39 is 27.7 Å². The first kappa shape index (κ1) is 18.8. The van der Waals surface area contributed by atoms with Gasteiger partial charge in [0.15, 0.2) is 0 Å². The van der Waals surface area contributed by atoms with Gasteiger partial charge in [0.2, 0.25) is 5.82 Å². The predicted octanol–water partition coefficient (Wildman–Crippen LogP) is 1.27. The van der Waals surface area contributed by atoms with Gasteiger partial charge in [-0.3, -0.25) is 29.0 Å². The van der Waals surface area contributed by atoms with Crippen molar-refractivity contribution < 1.29 is 14.5 Å². The van der Waals surface area contributed by atoms with E-state index in [1.54, 1.807) is 18.2 Å². The van der Waals surface area contributed by atoms with Crippen molar-refractivity contribution in [3.05, 3.63) is 44.9 Å². The zero-order valence-electron chi connectivity index (χ0n) is 15.6. The van der Waals surface area contributed by atoms with Gasteiger partial charge in [0.05, 0.1) is 4.92 Å². The Morgan fingerprint density at radius 2 is 2.00 bits per heavy atom. The van der Waals surface area contributed by atoms with Gasteiger partial charge < -0.3 is 10.6 Å². The van der Waals surface area contributed by atoms with Gasteiger partial charge in [0.1, 0.15) is 11.2 Å². The van der Waals surface area contributed by atoms with Crippen LogP contribution in [0.2, 0.25) is 0 Å². The summed E-state index contributed by atoms with van der Waals surface area (Å²) in [6, 6.07) is 4.44. The Balaban J connectivity index is 1.45. The molecule has 2 aliphatic rings. The highest BCUT2D eigenvalue weighted by Gasteiger charge is 2.51. The van der Waals surface area contributed by atoms with E-state index in [1.807, 2.05) is 0 Å². The second-order valence-electron chi connectivity index (χ2n) is 7.26. The van der Waals surface area contributed by atoms with E-state index in [0.29, 0.717) is 19.3 Å². The molecule has 11 heteroatoms. The molecule has 2 aromatic rings. The van der Waals surface area contributed by atoms with E-state index in [9.17, 15) is 24.5 Å². The highest BCUT2D eigenvalue weighted by atomic mass is 16.6. The smallest absolute Gasteiger partial charge is 0.364 e. The lowest BCUT2D eigenvalue weighted by Crippen LogP contribution is -2.44. The Hall–Kier alpha value is -3.50. The average Bonchev–Trinajstić information content (AvgIpc) is 3.25. The molecular formula is C18H20N6O5. The first-order valence-corrected chi connectivity index (χ1v) is 9.47. The molecule has 4 rings (SSSR count). The third kappa shape index (κ3) is 3.18. The minimum absolute atomic E-state index is 0.129. The summed E-state index contributed by atoms with van der Waals surface area (Å²) in [5.41, 5.74) is -1.89. The van der Waals surface area contributed by atoms with Crippen LogP contribution in [0, 0.1) is 10.1 Å². The number of nitro groups is 1. The third-order valence-corrected chi connectivity index (χ3v) is 5.45. The van der Waals surface area contributed by atoms with E-state index >= 15 is 0 Å². The van der Waals surface area contributed by atoms with Crippen molar-refractivity contribution in [1.82, 2.24) is 19.6 Å². The summed E-state index contributed by atoms with van der Waals surface area (Å²) < 4.78 is 1.11. The number of imide groups is 1. The van der Waals surface area contributed by atoms with Gasteiger partial charge in [0, 0.05) is 19.3 Å². The summed E-state index contributed by atoms with van der Waals surface area (Å²) >= 11 is 0. The fourth-order valence-electron chi connectivity index (χ4n) is 4.01. The van der Waals surface area contributed by atoms with Crippen molar-refractivity contribution in [1.29, 1.82) is 0 Å². The highest BCUT2D eigenvalue weighted by Crippen LogP contribution is 2.35. The maximum atomic E-state index is 12.6. The van der Waals surface area contributed by atoms with Crippen molar-refractivity contribution in [2.24, 2.45) is 0 Å². The number of aromatic nitrogens is 2. The molecule has 1 saturated heterocycles. The normalized spacial score (nSPS) is 17.9. The van der Waals surface area contributed by atoms with E-state index in [0.717, 1.165) is 17.2 Å². The lowest BCUT2D eigenvalue weighted by atomic mass is 9.98. The molecule has 29 heavy (non-hydrogen) atoms. The number of carbonyl (C=O) groups is 2. The topological polar surface area (TPSA) is 139 Å². The number of fused-ring (bicyclic) bond motifs is 1. The van der Waals surface area contributed by atoms with Crippen LogP contribution in [0.3, 0.4) is 0 Å². The van der Waals surface area contributed by atoms with Gasteiger partial charge in [0.25, 0.3) is 5.91 Å². The maximum absolute atomic E-state index is 12.6. The van der Waals surface area contributed by atoms with Crippen LogP contribution in [0.25, 0.3) is 5.65 Å². The molecule has 1 aliphatic heterocycles. The molecule has 0 atom stereocenters. The molecule has 1 aliphatic carbocycles. The average molecular weight is 400 g/mol. The Morgan fingerprint density at radius 3 is 2.72 bits per heavy atom. The number of carbonyl (C=O) groups excluding carboxylic acids is 2. The largest absolute Gasteiger partial charge is 0.376 e. The van der Waals surface area contributed by atoms with Crippen LogP contribution >= 0.6 is 0 Å². The lowest BCUT2D eigenvalue weighted by molar-refractivity contribution is -0.385. The van der Waals surface area contributed by atoms with Crippen molar-refractivity contribution in [3.63, 3.8) is 0 Å². The Morgan fingerprint density at radius 1 is 1.24 bits per heavy atom. The Labute approximate surface area is 164 Å². The van der Waals surface area contributed by atoms with Crippen LogP contribution < -0.4 is 16.2 Å². The van der Waals surface area contributed by atoms with Crippen LogP contribution in [-0.2, 0) is 4.79 Å². The summed E-state index contributed by atoms with van der Waals surface area (Å²) in [6.45, 7) is 0.389. The van der Waals surface area contributed by atoms with E-state index in [1.165, 1.54) is 11.1 Å². The molecule has 3 heterocycles. The quantitative estimate of drug-likeness (QED) is 0.322. The second kappa shape index (κ2) is 7.15. The Bertz CT molecular complexity index is 1060. The predicted molar refractivity (Wildman–Crippen MR) is 103 cm³/mol. The first-order valence-electron chi connectivity index (χ1n) is 9.47. The number of anilines is 1. The SMILES string of the molecule is O=C1NC2(CCCC2)C(=O)N1CCCNc1nc2ccccn2c(=O)c1[N+](=O)[O-]. The van der Waals surface area contributed by atoms with E-state index in [-0.39, 0.29) is 30.5 Å². The van der Waals surface area contributed by atoms with Crippen LogP contribution in [0.5, 0.6) is 0 Å². The van der Waals surface area contributed by atoms with Crippen molar-refractivity contribution in [2.75, 3.05) is 18.4 Å². The molecule has 1 spiro atoms. The molecule has 152 valence electrons. The van der Waals surface area contributed by atoms with Gasteiger partial charge in [-0.15, -0.1) is 0 Å². The number of hydrogen-bond donors (Lipinski definition) is 2. The number of nitrogens with one attached hydrogen (secondary N) is 2. The molecule has 0 aromatic carbocycles. The minimum atomic E-state index is -0.777. The van der Waals surface area contributed by atoms with Crippen molar-refractivity contribution in [2.45, 2.75) is 37.6 Å². The van der Waals surface area contributed by atoms with Crippen LogP contribution in [-0.4, -0.2) is 49.8 Å². The molecule has 2 N–H and O–H groups in total. The fraction of sp³-hybridized carbons (Fsp3) is 0.444. The van der Waals surface area contributed by atoms with Crippen molar-refractivity contribution >= 4 is 29.1 Å². The third-order valence-electron chi connectivity index (χ3n) is 5.45. The zero-order chi connectivity index (χ0) is 20.6. The molecule has 0 unspecified atom stereocenters. The van der Waals surface area contributed by atoms with Crippen molar-refractivity contribution in [3.8, 4) is 0 Å². The molecule has 2 fully saturated rings. The molecule has 0 bridgehead atoms. The van der Waals surface area contributed by atoms with E-state index in [4.69, 9.17) is 0 Å². The van der Waals surface area contributed by atoms with Gasteiger partial charge in [-0.2, -0.15) is 0 Å². The van der Waals surface area contributed by atoms with Crippen LogP contribution in [0.15, 0.2) is 29.2 Å². The number of urea groups is 1. The molecule has 1 saturated carbocycles. The summed E-state index contributed by atoms with van der Waals surface area (Å²) in [5.74, 6) is -0.330. The standard InChI is InChI=1S/C18H20N6O5/c25-15-13(24(28)29)14(20-12-6-1-4-10-22(12)15)19-9-5-11-23-16(26)18(21-17(23)27)7-2-3-8-18/h1,4,6,10,19H,2-3,5,7-9,11H2,(H,21,27). The molecule has 0 radical (unpaired) electrons. The van der Waals surface area contributed by atoms with Crippen LogP contribution in [0.4, 0.5) is 16.3 Å². The molecule has 11 nitrogen and oxygen atoms in total. The van der Waals surface area contributed by atoms with Gasteiger partial charge >= 0.3 is 17.3 Å². The maximum Gasteiger partial charge on any atom is 0.376 e. The number of amides is 3. The monoisotopic (exact) mass is 400 g/mol. The van der Waals surface area contributed by atoms with Crippen LogP contribution in [0.1, 0.15) is 32.1 Å². The number of nitrogens with zero attached hydrogens (tertiary/aromatic N) is 4. The highest BCUT2D eigenvalue weighted by molar-refractivity contribution is 6.07. The number of pyridine rings is 1. The second-order valence-corrected chi connectivity index (χ2v) is 7.26. The van der Waals surface area contributed by atoms with Gasteiger partial charge in [-0.05, 0) is 31.4 Å². The molecular weight excluding hydrogens is 380 g/mol. The van der Waals surface area contributed by atoms with Gasteiger partial charge in [-0.25, -0.2) is 9.78 Å². The minimum Gasteiger partial charge on any atom is -0.364 e. The zero-order valence-corrected chi connectivity index (χ0v) is 15.6. The summed E-state index contributed by atoms with van der Waals surface area (Å²) in [5, 5.41) is 17.0. The summed E-state index contributed by atoms with van der Waals surface area (Å²) in [6.07, 6.45) is 4.91. The molecule has 3 amide bonds. The first-order chi connectivity index (χ1) is 13.9. The number of rotatable bonds is 6. The fourth-order valence-corrected chi connectivity index (χ4v) is 4.01. The summed E-state index contributed by atoms with van der Waals surface area (Å²) in [7, 11) is 0. The number of hydrogen-bond acceptors (Lipinski definition) is 7. The molecule has 2 aromatic heterocycles. The van der Waals surface area contributed by atoms with E-state index in [2.05, 4.69) is 15.6 Å². The summed E-state index contributed by atoms with van der Waals surface area (Å²) in [4.78, 5) is 53.1. The van der Waals surface area contributed by atoms with Gasteiger partial charge in [-0.1, -0.05) is 18.9 Å². The lowest BCUT2D eigenvalue weighted by Gasteiger charge is -2.20.